The molecule has 0 unspecified atom stereocenters. The molecule has 6 atom stereocenters. The van der Waals surface area contributed by atoms with Gasteiger partial charge in [0.05, 0.1) is 17.8 Å². The number of fused-ring (bicyclic) bond motifs is 1. The Kier molecular flexibility index (Phi) is 7.92. The van der Waals surface area contributed by atoms with Gasteiger partial charge in [-0.15, -0.1) is 0 Å². The van der Waals surface area contributed by atoms with E-state index >= 15 is 0 Å². The SMILES string of the molecule is C=C1/C(=C\C=C2\CCC[C@]3(C)[C@@H]([C@H](C)CCCCC(C)(C)O)CC[C@@H]23)C[C@@H](O)C[C@@H]1O. The Hall–Kier alpha value is -0.900. The Morgan fingerprint density at radius 2 is 1.94 bits per heavy atom. The van der Waals surface area contributed by atoms with Gasteiger partial charge in [-0.2, -0.15) is 0 Å². The molecule has 3 saturated carbocycles. The first-order valence-electron chi connectivity index (χ1n) is 12.7. The molecule has 3 aliphatic rings. The zero-order valence-electron chi connectivity index (χ0n) is 20.4. The zero-order valence-corrected chi connectivity index (χ0v) is 20.4. The molecule has 0 spiro atoms. The van der Waals surface area contributed by atoms with Crippen LogP contribution in [0.2, 0.25) is 0 Å². The lowest BCUT2D eigenvalue weighted by molar-refractivity contribution is 0.0650. The van der Waals surface area contributed by atoms with E-state index < -0.39 is 17.8 Å². The fourth-order valence-electron chi connectivity index (χ4n) is 6.90. The van der Waals surface area contributed by atoms with Gasteiger partial charge in [-0.3, -0.25) is 0 Å². The summed E-state index contributed by atoms with van der Waals surface area (Å²) >= 11 is 0. The summed E-state index contributed by atoms with van der Waals surface area (Å²) in [6, 6.07) is 0. The topological polar surface area (TPSA) is 60.7 Å². The number of unbranched alkanes of at least 4 members (excludes halogenated alkanes) is 1. The molecule has 0 saturated heterocycles. The third kappa shape index (κ3) is 5.92. The van der Waals surface area contributed by atoms with Crippen molar-refractivity contribution in [3.63, 3.8) is 0 Å². The Balaban J connectivity index is 1.66. The lowest BCUT2D eigenvalue weighted by atomic mass is 9.60. The van der Waals surface area contributed by atoms with Crippen molar-refractivity contribution in [2.75, 3.05) is 0 Å². The van der Waals surface area contributed by atoms with Crippen molar-refractivity contribution in [1.29, 1.82) is 0 Å². The van der Waals surface area contributed by atoms with Crippen LogP contribution in [0.1, 0.15) is 98.3 Å². The highest BCUT2D eigenvalue weighted by atomic mass is 16.3. The molecule has 3 aliphatic carbocycles. The summed E-state index contributed by atoms with van der Waals surface area (Å²) in [5.41, 5.74) is 3.22. The summed E-state index contributed by atoms with van der Waals surface area (Å²) in [6.07, 6.45) is 15.2. The normalized spacial score (nSPS) is 38.0. The molecule has 0 aromatic heterocycles. The molecule has 0 aliphatic heterocycles. The van der Waals surface area contributed by atoms with E-state index in [4.69, 9.17) is 0 Å². The molecule has 0 bridgehead atoms. The first-order valence-corrected chi connectivity index (χ1v) is 12.7. The molecule has 3 rings (SSSR count). The van der Waals surface area contributed by atoms with Crippen molar-refractivity contribution >= 4 is 0 Å². The molecular weight excluding hydrogens is 384 g/mol. The standard InChI is InChI=1S/C28H46O3/c1-19(9-6-7-15-27(3,4)31)24-13-14-25-21(10-8-16-28(24,25)5)11-12-22-17-23(29)18-26(30)20(22)2/h11-12,19,23-26,29-31H,2,6-10,13-18H2,1,3-5H3/b21-11-,22-12-/t19-,23-,24-,25+,26+,28-/m1/s1. The number of hydrogen-bond acceptors (Lipinski definition) is 3. The van der Waals surface area contributed by atoms with E-state index in [1.807, 2.05) is 13.8 Å². The molecule has 0 aromatic rings. The van der Waals surface area contributed by atoms with Crippen LogP contribution in [-0.2, 0) is 0 Å². The minimum absolute atomic E-state index is 0.390. The maximum absolute atomic E-state index is 10.1. The maximum atomic E-state index is 10.1. The highest BCUT2D eigenvalue weighted by Gasteiger charge is 2.50. The third-order valence-corrected chi connectivity index (χ3v) is 8.69. The van der Waals surface area contributed by atoms with Gasteiger partial charge < -0.3 is 15.3 Å². The minimum Gasteiger partial charge on any atom is -0.393 e. The van der Waals surface area contributed by atoms with Crippen molar-refractivity contribution in [2.24, 2.45) is 23.2 Å². The summed E-state index contributed by atoms with van der Waals surface area (Å²) in [4.78, 5) is 0. The summed E-state index contributed by atoms with van der Waals surface area (Å²) in [7, 11) is 0. The van der Waals surface area contributed by atoms with Gasteiger partial charge in [-0.25, -0.2) is 0 Å². The van der Waals surface area contributed by atoms with E-state index in [0.717, 1.165) is 35.8 Å². The van der Waals surface area contributed by atoms with Gasteiger partial charge in [0, 0.05) is 6.42 Å². The highest BCUT2D eigenvalue weighted by Crippen LogP contribution is 2.60. The lowest BCUT2D eigenvalue weighted by Crippen LogP contribution is -2.36. The van der Waals surface area contributed by atoms with Crippen molar-refractivity contribution in [3.05, 3.63) is 35.5 Å². The van der Waals surface area contributed by atoms with Crippen molar-refractivity contribution < 1.29 is 15.3 Å². The van der Waals surface area contributed by atoms with E-state index in [0.29, 0.717) is 24.2 Å². The van der Waals surface area contributed by atoms with Crippen LogP contribution < -0.4 is 0 Å². The minimum atomic E-state index is -0.613. The van der Waals surface area contributed by atoms with E-state index in [1.54, 1.807) is 5.57 Å². The summed E-state index contributed by atoms with van der Waals surface area (Å²) in [6.45, 7) is 12.9. The molecule has 0 amide bonds. The van der Waals surface area contributed by atoms with Gasteiger partial charge in [-0.05, 0) is 93.1 Å². The molecule has 0 heterocycles. The molecule has 31 heavy (non-hydrogen) atoms. The molecule has 3 heteroatoms. The molecular formula is C28H46O3. The van der Waals surface area contributed by atoms with Gasteiger partial charge in [0.2, 0.25) is 0 Å². The fraction of sp³-hybridized carbons (Fsp3) is 0.786. The second-order valence-electron chi connectivity index (χ2n) is 11.7. The molecule has 176 valence electrons. The largest absolute Gasteiger partial charge is 0.393 e. The van der Waals surface area contributed by atoms with Crippen LogP contribution in [0.15, 0.2) is 35.5 Å². The number of allylic oxidation sites excluding steroid dienone is 3. The molecule has 3 nitrogen and oxygen atoms in total. The van der Waals surface area contributed by atoms with Gasteiger partial charge >= 0.3 is 0 Å². The van der Waals surface area contributed by atoms with Gasteiger partial charge in [0.1, 0.15) is 0 Å². The predicted molar refractivity (Wildman–Crippen MR) is 129 cm³/mol. The first kappa shape index (κ1) is 24.7. The van der Waals surface area contributed by atoms with Crippen LogP contribution in [0.5, 0.6) is 0 Å². The van der Waals surface area contributed by atoms with E-state index in [1.165, 1.54) is 44.9 Å². The predicted octanol–water partition coefficient (Wildman–Crippen LogP) is 6.09. The second-order valence-corrected chi connectivity index (χ2v) is 11.7. The monoisotopic (exact) mass is 430 g/mol. The quantitative estimate of drug-likeness (QED) is 0.428. The zero-order chi connectivity index (χ0) is 22.8. The van der Waals surface area contributed by atoms with Crippen LogP contribution in [0.25, 0.3) is 0 Å². The fourth-order valence-corrected chi connectivity index (χ4v) is 6.90. The second kappa shape index (κ2) is 9.93. The molecule has 0 radical (unpaired) electrons. The van der Waals surface area contributed by atoms with Gasteiger partial charge in [-0.1, -0.05) is 57.4 Å². The van der Waals surface area contributed by atoms with E-state index in [-0.39, 0.29) is 0 Å². The van der Waals surface area contributed by atoms with Crippen LogP contribution in [0, 0.1) is 23.2 Å². The van der Waals surface area contributed by atoms with Crippen molar-refractivity contribution in [2.45, 2.75) is 116 Å². The molecule has 3 N–H and O–H groups in total. The summed E-state index contributed by atoms with van der Waals surface area (Å²) in [5.74, 6) is 2.18. The Morgan fingerprint density at radius 3 is 2.65 bits per heavy atom. The number of aliphatic hydroxyl groups is 3. The summed E-state index contributed by atoms with van der Waals surface area (Å²) in [5, 5.41) is 30.2. The Morgan fingerprint density at radius 1 is 1.19 bits per heavy atom. The number of hydrogen-bond donors (Lipinski definition) is 3. The molecule has 3 fully saturated rings. The number of aliphatic hydroxyl groups excluding tert-OH is 2. The number of rotatable bonds is 7. The average molecular weight is 431 g/mol. The van der Waals surface area contributed by atoms with E-state index in [2.05, 4.69) is 32.6 Å². The molecule has 0 aromatic carbocycles. The van der Waals surface area contributed by atoms with Crippen LogP contribution >= 0.6 is 0 Å². The summed E-state index contributed by atoms with van der Waals surface area (Å²) < 4.78 is 0. The Labute approximate surface area is 190 Å². The maximum Gasteiger partial charge on any atom is 0.0811 e. The van der Waals surface area contributed by atoms with Crippen LogP contribution in [0.3, 0.4) is 0 Å². The van der Waals surface area contributed by atoms with E-state index in [9.17, 15) is 15.3 Å². The van der Waals surface area contributed by atoms with Gasteiger partial charge in [0.15, 0.2) is 0 Å². The average Bonchev–Trinajstić information content (AvgIpc) is 3.03. The third-order valence-electron chi connectivity index (χ3n) is 8.69. The van der Waals surface area contributed by atoms with Crippen LogP contribution in [0.4, 0.5) is 0 Å². The van der Waals surface area contributed by atoms with Crippen molar-refractivity contribution in [1.82, 2.24) is 0 Å². The van der Waals surface area contributed by atoms with Crippen molar-refractivity contribution in [3.8, 4) is 0 Å². The first-order chi connectivity index (χ1) is 14.5. The smallest absolute Gasteiger partial charge is 0.0811 e. The highest BCUT2D eigenvalue weighted by molar-refractivity contribution is 5.38. The van der Waals surface area contributed by atoms with Crippen LogP contribution in [-0.4, -0.2) is 33.1 Å². The Bertz CT molecular complexity index is 698. The lowest BCUT2D eigenvalue weighted by Gasteiger charge is -2.44. The van der Waals surface area contributed by atoms with Gasteiger partial charge in [0.25, 0.3) is 0 Å².